The van der Waals surface area contributed by atoms with Gasteiger partial charge in [0.25, 0.3) is 5.91 Å². The maximum absolute atomic E-state index is 12.2. The zero-order valence-corrected chi connectivity index (χ0v) is 12.4. The molecule has 3 aromatic rings. The summed E-state index contributed by atoms with van der Waals surface area (Å²) in [5, 5.41) is 15.5. The summed E-state index contributed by atoms with van der Waals surface area (Å²) in [5.74, 6) is 0.222. The molecule has 0 atom stereocenters. The van der Waals surface area contributed by atoms with Crippen LogP contribution in [0.1, 0.15) is 16.1 Å². The third kappa shape index (κ3) is 3.64. The van der Waals surface area contributed by atoms with Gasteiger partial charge in [0.2, 0.25) is 0 Å². The van der Waals surface area contributed by atoms with E-state index in [1.807, 2.05) is 42.5 Å². The number of nitrogens with one attached hydrogen (secondary N) is 1. The second-order valence-corrected chi connectivity index (χ2v) is 5.07. The average Bonchev–Trinajstić information content (AvgIpc) is 3.08. The van der Waals surface area contributed by atoms with Crippen molar-refractivity contribution in [2.24, 2.45) is 0 Å². The van der Waals surface area contributed by atoms with Crippen molar-refractivity contribution in [3.05, 3.63) is 71.9 Å². The molecule has 0 saturated carbocycles. The van der Waals surface area contributed by atoms with Gasteiger partial charge in [-0.2, -0.15) is 0 Å². The van der Waals surface area contributed by atoms with Crippen LogP contribution >= 0.6 is 0 Å². The number of aliphatic hydroxyl groups excluding tert-OH is 1. The summed E-state index contributed by atoms with van der Waals surface area (Å²) in [7, 11) is 0. The van der Waals surface area contributed by atoms with Crippen LogP contribution in [0.4, 0.5) is 5.69 Å². The second kappa shape index (κ2) is 6.89. The van der Waals surface area contributed by atoms with Gasteiger partial charge in [0.1, 0.15) is 0 Å². The molecule has 23 heavy (non-hydrogen) atoms. The van der Waals surface area contributed by atoms with E-state index < -0.39 is 0 Å². The van der Waals surface area contributed by atoms with Crippen molar-refractivity contribution in [1.82, 2.24) is 5.16 Å². The van der Waals surface area contributed by atoms with E-state index >= 15 is 0 Å². The summed E-state index contributed by atoms with van der Waals surface area (Å²) in [6.45, 7) is 0.104. The molecule has 0 aliphatic rings. The maximum Gasteiger partial charge on any atom is 0.277 e. The number of rotatable bonds is 5. The van der Waals surface area contributed by atoms with E-state index in [1.54, 1.807) is 18.2 Å². The van der Waals surface area contributed by atoms with E-state index in [0.717, 1.165) is 11.1 Å². The second-order valence-electron chi connectivity index (χ2n) is 5.07. The fourth-order valence-corrected chi connectivity index (χ4v) is 2.20. The summed E-state index contributed by atoms with van der Waals surface area (Å²) in [4.78, 5) is 12.2. The van der Waals surface area contributed by atoms with Crippen molar-refractivity contribution in [3.63, 3.8) is 0 Å². The van der Waals surface area contributed by atoms with Crippen LogP contribution in [0, 0.1) is 0 Å². The minimum atomic E-state index is -0.328. The van der Waals surface area contributed by atoms with Crippen molar-refractivity contribution >= 4 is 11.6 Å². The van der Waals surface area contributed by atoms with Gasteiger partial charge in [0.05, 0.1) is 0 Å². The standard InChI is InChI=1S/C18H16N2O3/c21-11-10-13-6-8-15(9-7-13)19-18(22)16-12-17(23-20-16)14-4-2-1-3-5-14/h1-9,12,21H,10-11H2,(H,19,22). The van der Waals surface area contributed by atoms with Crippen LogP contribution in [0.25, 0.3) is 11.3 Å². The third-order valence-electron chi connectivity index (χ3n) is 3.41. The molecule has 5 heteroatoms. The highest BCUT2D eigenvalue weighted by molar-refractivity contribution is 6.03. The molecule has 0 bridgehead atoms. The molecular formula is C18H16N2O3. The van der Waals surface area contributed by atoms with Crippen LogP contribution in [-0.2, 0) is 6.42 Å². The Morgan fingerprint density at radius 1 is 1.09 bits per heavy atom. The number of carbonyl (C=O) groups excluding carboxylic acids is 1. The monoisotopic (exact) mass is 308 g/mol. The summed E-state index contributed by atoms with van der Waals surface area (Å²) in [6, 6.07) is 18.4. The molecule has 2 aromatic carbocycles. The van der Waals surface area contributed by atoms with Crippen molar-refractivity contribution in [2.45, 2.75) is 6.42 Å². The number of hydrogen-bond acceptors (Lipinski definition) is 4. The number of amides is 1. The van der Waals surface area contributed by atoms with Crippen molar-refractivity contribution < 1.29 is 14.4 Å². The zero-order chi connectivity index (χ0) is 16.1. The molecule has 0 fully saturated rings. The predicted octanol–water partition coefficient (Wildman–Crippen LogP) is 3.13. The molecule has 5 nitrogen and oxygen atoms in total. The van der Waals surface area contributed by atoms with Crippen LogP contribution < -0.4 is 5.32 Å². The van der Waals surface area contributed by atoms with Gasteiger partial charge in [-0.25, -0.2) is 0 Å². The largest absolute Gasteiger partial charge is 0.396 e. The Morgan fingerprint density at radius 2 is 1.83 bits per heavy atom. The lowest BCUT2D eigenvalue weighted by Gasteiger charge is -2.04. The number of aliphatic hydroxyl groups is 1. The van der Waals surface area contributed by atoms with Crippen LogP contribution in [0.3, 0.4) is 0 Å². The number of hydrogen-bond donors (Lipinski definition) is 2. The first-order valence-corrected chi connectivity index (χ1v) is 7.29. The number of benzene rings is 2. The third-order valence-corrected chi connectivity index (χ3v) is 3.41. The topological polar surface area (TPSA) is 75.4 Å². The molecule has 0 aliphatic carbocycles. The van der Waals surface area contributed by atoms with Gasteiger partial charge in [0.15, 0.2) is 11.5 Å². The average molecular weight is 308 g/mol. The number of carbonyl (C=O) groups is 1. The fraction of sp³-hybridized carbons (Fsp3) is 0.111. The molecule has 0 aliphatic heterocycles. The summed E-state index contributed by atoms with van der Waals surface area (Å²) in [5.41, 5.74) is 2.77. The highest BCUT2D eigenvalue weighted by Gasteiger charge is 2.13. The SMILES string of the molecule is O=C(Nc1ccc(CCO)cc1)c1cc(-c2ccccc2)on1. The van der Waals surface area contributed by atoms with E-state index in [-0.39, 0.29) is 18.2 Å². The van der Waals surface area contributed by atoms with Gasteiger partial charge in [-0.05, 0) is 24.1 Å². The maximum atomic E-state index is 12.2. The molecule has 1 aromatic heterocycles. The first-order chi connectivity index (χ1) is 11.3. The smallest absolute Gasteiger partial charge is 0.277 e. The molecule has 3 rings (SSSR count). The number of nitrogens with zero attached hydrogens (tertiary/aromatic N) is 1. The number of aromatic nitrogens is 1. The highest BCUT2D eigenvalue weighted by atomic mass is 16.5. The molecular weight excluding hydrogens is 292 g/mol. The molecule has 0 saturated heterocycles. The predicted molar refractivity (Wildman–Crippen MR) is 87.1 cm³/mol. The molecule has 0 radical (unpaired) electrons. The van der Waals surface area contributed by atoms with E-state index in [9.17, 15) is 4.79 Å². The molecule has 2 N–H and O–H groups in total. The molecule has 0 spiro atoms. The van der Waals surface area contributed by atoms with E-state index in [0.29, 0.717) is 17.9 Å². The van der Waals surface area contributed by atoms with Crippen LogP contribution in [0.15, 0.2) is 65.2 Å². The minimum absolute atomic E-state index is 0.104. The number of anilines is 1. The Morgan fingerprint density at radius 3 is 2.52 bits per heavy atom. The fourth-order valence-electron chi connectivity index (χ4n) is 2.20. The van der Waals surface area contributed by atoms with E-state index in [2.05, 4.69) is 10.5 Å². The van der Waals surface area contributed by atoms with Crippen LogP contribution in [-0.4, -0.2) is 22.8 Å². The van der Waals surface area contributed by atoms with E-state index in [4.69, 9.17) is 9.63 Å². The Bertz CT molecular complexity index is 780. The highest BCUT2D eigenvalue weighted by Crippen LogP contribution is 2.20. The van der Waals surface area contributed by atoms with Crippen molar-refractivity contribution in [1.29, 1.82) is 0 Å². The lowest BCUT2D eigenvalue weighted by molar-refractivity contribution is 0.101. The van der Waals surface area contributed by atoms with Crippen molar-refractivity contribution in [3.8, 4) is 11.3 Å². The van der Waals surface area contributed by atoms with Gasteiger partial charge >= 0.3 is 0 Å². The summed E-state index contributed by atoms with van der Waals surface area (Å²) < 4.78 is 5.22. The molecule has 1 amide bonds. The van der Waals surface area contributed by atoms with Gasteiger partial charge in [-0.1, -0.05) is 47.6 Å². The zero-order valence-electron chi connectivity index (χ0n) is 12.4. The van der Waals surface area contributed by atoms with Crippen molar-refractivity contribution in [2.75, 3.05) is 11.9 Å². The molecule has 116 valence electrons. The first kappa shape index (κ1) is 15.0. The summed E-state index contributed by atoms with van der Waals surface area (Å²) >= 11 is 0. The molecule has 0 unspecified atom stereocenters. The normalized spacial score (nSPS) is 10.5. The Labute approximate surface area is 133 Å². The minimum Gasteiger partial charge on any atom is -0.396 e. The Kier molecular flexibility index (Phi) is 4.49. The Balaban J connectivity index is 1.70. The lowest BCUT2D eigenvalue weighted by Crippen LogP contribution is -2.12. The van der Waals surface area contributed by atoms with Gasteiger partial charge < -0.3 is 14.9 Å². The quantitative estimate of drug-likeness (QED) is 0.759. The van der Waals surface area contributed by atoms with Gasteiger partial charge in [0, 0.05) is 23.9 Å². The Hall–Kier alpha value is -2.92. The molecule has 1 heterocycles. The lowest BCUT2D eigenvalue weighted by atomic mass is 10.1. The van der Waals surface area contributed by atoms with Crippen LogP contribution in [0.2, 0.25) is 0 Å². The summed E-state index contributed by atoms with van der Waals surface area (Å²) in [6.07, 6.45) is 0.595. The van der Waals surface area contributed by atoms with E-state index in [1.165, 1.54) is 0 Å². The van der Waals surface area contributed by atoms with Gasteiger partial charge in [-0.15, -0.1) is 0 Å². The van der Waals surface area contributed by atoms with Crippen LogP contribution in [0.5, 0.6) is 0 Å². The first-order valence-electron chi connectivity index (χ1n) is 7.29. The van der Waals surface area contributed by atoms with Gasteiger partial charge in [-0.3, -0.25) is 4.79 Å².